The monoisotopic (exact) mass is 143 g/mol. The zero-order valence-electron chi connectivity index (χ0n) is 6.89. The molecule has 2 heteroatoms. The van der Waals surface area contributed by atoms with Gasteiger partial charge in [-0.1, -0.05) is 0 Å². The molecule has 0 aromatic carbocycles. The van der Waals surface area contributed by atoms with Gasteiger partial charge in [0, 0.05) is 5.92 Å². The van der Waals surface area contributed by atoms with Gasteiger partial charge in [0.25, 0.3) is 0 Å². The van der Waals surface area contributed by atoms with Crippen LogP contribution in [-0.2, 0) is 4.74 Å². The van der Waals surface area contributed by atoms with Gasteiger partial charge in [-0.15, -0.1) is 0 Å². The zero-order chi connectivity index (χ0) is 7.61. The van der Waals surface area contributed by atoms with Gasteiger partial charge in [0.15, 0.2) is 0 Å². The Hall–Kier alpha value is -0.0800. The van der Waals surface area contributed by atoms with Crippen LogP contribution in [0.4, 0.5) is 0 Å². The van der Waals surface area contributed by atoms with Gasteiger partial charge < -0.3 is 10.1 Å². The molecule has 1 saturated heterocycles. The summed E-state index contributed by atoms with van der Waals surface area (Å²) in [6.07, 6.45) is 1.18. The van der Waals surface area contributed by atoms with Gasteiger partial charge in [-0.3, -0.25) is 0 Å². The van der Waals surface area contributed by atoms with Crippen molar-refractivity contribution in [1.29, 1.82) is 0 Å². The van der Waals surface area contributed by atoms with Gasteiger partial charge in [-0.2, -0.15) is 7.05 Å². The van der Waals surface area contributed by atoms with E-state index >= 15 is 0 Å². The Labute approximate surface area is 63.0 Å². The summed E-state index contributed by atoms with van der Waals surface area (Å²) in [6, 6.07) is 0. The molecule has 1 fully saturated rings. The van der Waals surface area contributed by atoms with E-state index < -0.39 is 0 Å². The first-order valence-electron chi connectivity index (χ1n) is 3.89. The number of quaternary nitrogens is 1. The fourth-order valence-electron chi connectivity index (χ4n) is 1.54. The van der Waals surface area contributed by atoms with Crippen LogP contribution in [0, 0.1) is 13.0 Å². The normalized spacial score (nSPS) is 30.9. The first kappa shape index (κ1) is 8.02. The van der Waals surface area contributed by atoms with Crippen LogP contribution in [0.15, 0.2) is 0 Å². The van der Waals surface area contributed by atoms with E-state index in [1.165, 1.54) is 6.42 Å². The van der Waals surface area contributed by atoms with Gasteiger partial charge >= 0.3 is 0 Å². The molecule has 0 aromatic rings. The number of hydrogen-bond donors (Lipinski definition) is 1. The second kappa shape index (κ2) is 2.89. The number of rotatable bonds is 2. The molecule has 2 nitrogen and oxygen atoms in total. The second-order valence-corrected chi connectivity index (χ2v) is 3.67. The van der Waals surface area contributed by atoms with Crippen LogP contribution in [0.1, 0.15) is 20.3 Å². The molecule has 0 bridgehead atoms. The van der Waals surface area contributed by atoms with Gasteiger partial charge in [-0.05, 0) is 20.3 Å². The Morgan fingerprint density at radius 1 is 1.70 bits per heavy atom. The SMILES string of the molecule is [CH2-][NH2+]CC1COC(C)(C)C1. The van der Waals surface area contributed by atoms with Gasteiger partial charge in [0.05, 0.1) is 18.8 Å². The van der Waals surface area contributed by atoms with Crippen molar-refractivity contribution in [2.45, 2.75) is 25.9 Å². The molecule has 60 valence electrons. The Kier molecular flexibility index (Phi) is 2.32. The standard InChI is InChI=1S/C8H17NO/c1-8(2)4-7(5-9-3)6-10-8/h7H,3-6,9H2,1-2H3. The number of nitrogens with two attached hydrogens (primary N) is 1. The molecule has 0 spiro atoms. The van der Waals surface area contributed by atoms with Crippen LogP contribution in [0.25, 0.3) is 0 Å². The fraction of sp³-hybridized carbons (Fsp3) is 0.875. The summed E-state index contributed by atoms with van der Waals surface area (Å²) >= 11 is 0. The zero-order valence-corrected chi connectivity index (χ0v) is 6.89. The van der Waals surface area contributed by atoms with E-state index in [1.807, 2.05) is 5.32 Å². The number of hydrogen-bond acceptors (Lipinski definition) is 1. The minimum absolute atomic E-state index is 0.119. The summed E-state index contributed by atoms with van der Waals surface area (Å²) < 4.78 is 5.56. The van der Waals surface area contributed by atoms with Crippen LogP contribution < -0.4 is 5.32 Å². The third kappa shape index (κ3) is 1.96. The third-order valence-electron chi connectivity index (χ3n) is 1.99. The Bertz CT molecular complexity index is 112. The van der Waals surface area contributed by atoms with Crippen molar-refractivity contribution < 1.29 is 10.1 Å². The lowest BCUT2D eigenvalue weighted by molar-refractivity contribution is -0.601. The molecule has 1 atom stereocenters. The average molecular weight is 143 g/mol. The van der Waals surface area contributed by atoms with Gasteiger partial charge in [0.2, 0.25) is 0 Å². The lowest BCUT2D eigenvalue weighted by Crippen LogP contribution is -2.78. The van der Waals surface area contributed by atoms with Crippen molar-refractivity contribution in [3.8, 4) is 0 Å². The summed E-state index contributed by atoms with van der Waals surface area (Å²) in [5.74, 6) is 0.715. The third-order valence-corrected chi connectivity index (χ3v) is 1.99. The van der Waals surface area contributed by atoms with Crippen LogP contribution in [-0.4, -0.2) is 18.8 Å². The highest BCUT2D eigenvalue weighted by atomic mass is 16.5. The van der Waals surface area contributed by atoms with Crippen molar-refractivity contribution in [2.75, 3.05) is 13.2 Å². The van der Waals surface area contributed by atoms with E-state index in [0.717, 1.165) is 13.2 Å². The topological polar surface area (TPSA) is 25.8 Å². The van der Waals surface area contributed by atoms with Gasteiger partial charge in [0.1, 0.15) is 0 Å². The maximum absolute atomic E-state index is 5.56. The largest absolute Gasteiger partial charge is 0.479 e. The lowest BCUT2D eigenvalue weighted by Gasteiger charge is -2.15. The lowest BCUT2D eigenvalue weighted by atomic mass is 9.98. The van der Waals surface area contributed by atoms with Crippen LogP contribution in [0.5, 0.6) is 0 Å². The highest BCUT2D eigenvalue weighted by molar-refractivity contribution is 4.79. The molecule has 0 radical (unpaired) electrons. The minimum Gasteiger partial charge on any atom is -0.479 e. The van der Waals surface area contributed by atoms with E-state index in [9.17, 15) is 0 Å². The molecule has 1 heterocycles. The molecule has 1 unspecified atom stereocenters. The van der Waals surface area contributed by atoms with Crippen LogP contribution >= 0.6 is 0 Å². The summed E-state index contributed by atoms with van der Waals surface area (Å²) in [5, 5.41) is 1.98. The Morgan fingerprint density at radius 2 is 2.40 bits per heavy atom. The molecule has 1 aliphatic rings. The van der Waals surface area contributed by atoms with Crippen molar-refractivity contribution in [2.24, 2.45) is 5.92 Å². The van der Waals surface area contributed by atoms with Crippen molar-refractivity contribution in [3.63, 3.8) is 0 Å². The predicted octanol–water partition coefficient (Wildman–Crippen LogP) is 0.156. The Morgan fingerprint density at radius 3 is 2.80 bits per heavy atom. The highest BCUT2D eigenvalue weighted by Crippen LogP contribution is 2.27. The molecule has 0 amide bonds. The molecule has 0 aromatic heterocycles. The van der Waals surface area contributed by atoms with E-state index in [1.54, 1.807) is 0 Å². The maximum atomic E-state index is 5.56. The molecular formula is C8H17NO. The molecule has 2 N–H and O–H groups in total. The summed E-state index contributed by atoms with van der Waals surface area (Å²) in [7, 11) is 3.72. The second-order valence-electron chi connectivity index (χ2n) is 3.67. The smallest absolute Gasteiger partial charge is 0.0632 e. The highest BCUT2D eigenvalue weighted by Gasteiger charge is 2.31. The fourth-order valence-corrected chi connectivity index (χ4v) is 1.54. The predicted molar refractivity (Wildman–Crippen MR) is 40.3 cm³/mol. The Balaban J connectivity index is 2.29. The van der Waals surface area contributed by atoms with E-state index in [4.69, 9.17) is 4.74 Å². The summed E-state index contributed by atoms with van der Waals surface area (Å²) in [4.78, 5) is 0. The molecular weight excluding hydrogens is 126 g/mol. The molecule has 0 saturated carbocycles. The van der Waals surface area contributed by atoms with Crippen molar-refractivity contribution >= 4 is 0 Å². The molecule has 0 aliphatic carbocycles. The minimum atomic E-state index is 0.119. The van der Waals surface area contributed by atoms with Gasteiger partial charge in [-0.25, -0.2) is 0 Å². The first-order valence-corrected chi connectivity index (χ1v) is 3.89. The van der Waals surface area contributed by atoms with Crippen molar-refractivity contribution in [3.05, 3.63) is 7.05 Å². The molecule has 1 aliphatic heterocycles. The van der Waals surface area contributed by atoms with E-state index in [0.29, 0.717) is 5.92 Å². The quantitative estimate of drug-likeness (QED) is 0.547. The molecule has 10 heavy (non-hydrogen) atoms. The molecule has 1 rings (SSSR count). The average Bonchev–Trinajstić information content (AvgIpc) is 2.12. The van der Waals surface area contributed by atoms with E-state index in [2.05, 4.69) is 20.9 Å². The summed E-state index contributed by atoms with van der Waals surface area (Å²) in [6.45, 7) is 6.31. The van der Waals surface area contributed by atoms with Crippen LogP contribution in [0.3, 0.4) is 0 Å². The maximum Gasteiger partial charge on any atom is 0.0632 e. The summed E-state index contributed by atoms with van der Waals surface area (Å²) in [5.41, 5.74) is 0.119. The van der Waals surface area contributed by atoms with E-state index in [-0.39, 0.29) is 5.60 Å². The van der Waals surface area contributed by atoms with Crippen LogP contribution in [0.2, 0.25) is 0 Å². The van der Waals surface area contributed by atoms with Crippen molar-refractivity contribution in [1.82, 2.24) is 0 Å². The first-order chi connectivity index (χ1) is 4.64. The number of ether oxygens (including phenoxy) is 1.